The molecule has 0 radical (unpaired) electrons. The Morgan fingerprint density at radius 3 is 2.71 bits per heavy atom. The second-order valence-electron chi connectivity index (χ2n) is 11.1. The van der Waals surface area contributed by atoms with Crippen molar-refractivity contribution in [2.24, 2.45) is 7.05 Å². The summed E-state index contributed by atoms with van der Waals surface area (Å²) >= 11 is 0. The number of aryl methyl sites for hydroxylation is 2. The monoisotopic (exact) mass is 523 g/mol. The molecule has 2 fully saturated rings. The maximum Gasteiger partial charge on any atom is 0.258 e. The van der Waals surface area contributed by atoms with E-state index in [1.54, 1.807) is 6.07 Å². The van der Waals surface area contributed by atoms with Crippen molar-refractivity contribution < 1.29 is 23.8 Å². The molecular formula is C30H38FN3O4. The van der Waals surface area contributed by atoms with E-state index in [1.165, 1.54) is 12.1 Å². The van der Waals surface area contributed by atoms with E-state index in [4.69, 9.17) is 9.47 Å². The molecule has 0 bridgehead atoms. The molecule has 0 spiro atoms. The van der Waals surface area contributed by atoms with Gasteiger partial charge < -0.3 is 29.8 Å². The molecule has 204 valence electrons. The van der Waals surface area contributed by atoms with Crippen molar-refractivity contribution >= 4 is 22.5 Å². The van der Waals surface area contributed by atoms with E-state index in [1.807, 2.05) is 33.0 Å². The summed E-state index contributed by atoms with van der Waals surface area (Å²) in [6.07, 6.45) is 5.55. The van der Waals surface area contributed by atoms with Crippen LogP contribution in [-0.4, -0.2) is 46.5 Å². The maximum atomic E-state index is 14.8. The first-order valence-electron chi connectivity index (χ1n) is 13.6. The molecule has 1 saturated carbocycles. The van der Waals surface area contributed by atoms with Crippen molar-refractivity contribution in [1.29, 1.82) is 0 Å². The molecule has 2 aromatic carbocycles. The topological polar surface area (TPSA) is 84.8 Å². The number of hydrogen-bond acceptors (Lipinski definition) is 5. The lowest BCUT2D eigenvalue weighted by molar-refractivity contribution is 0.0139. The quantitative estimate of drug-likeness (QED) is 0.377. The predicted octanol–water partition coefficient (Wildman–Crippen LogP) is 5.22. The van der Waals surface area contributed by atoms with Crippen LogP contribution >= 0.6 is 0 Å². The number of rotatable bonds is 8. The fourth-order valence-electron chi connectivity index (χ4n) is 5.62. The average molecular weight is 524 g/mol. The molecule has 1 aliphatic heterocycles. The Morgan fingerprint density at radius 2 is 2.00 bits per heavy atom. The van der Waals surface area contributed by atoms with Gasteiger partial charge in [0.1, 0.15) is 18.2 Å². The van der Waals surface area contributed by atoms with E-state index in [9.17, 15) is 14.3 Å². The Kier molecular flexibility index (Phi) is 7.75. The fourth-order valence-corrected chi connectivity index (χ4v) is 5.62. The maximum absolute atomic E-state index is 14.8. The van der Waals surface area contributed by atoms with Crippen molar-refractivity contribution in [3.05, 3.63) is 59.0 Å². The number of hydrogen-bond donors (Lipinski definition) is 3. The normalized spacial score (nSPS) is 23.6. The van der Waals surface area contributed by atoms with Crippen LogP contribution in [0.5, 0.6) is 5.75 Å². The van der Waals surface area contributed by atoms with E-state index in [0.717, 1.165) is 73.8 Å². The summed E-state index contributed by atoms with van der Waals surface area (Å²) in [7, 11) is 2.03. The zero-order valence-corrected chi connectivity index (χ0v) is 22.5. The SMILES string of the molecule is Cc1c(NC(=O)c2ccc(OC[C@@H]3CCCO3)cc2F)ccc2cc(CN[C@H]3CC[C@@](C)(O)CC3)n(C)c12. The number of halogens is 1. The van der Waals surface area contributed by atoms with Gasteiger partial charge in [-0.15, -0.1) is 0 Å². The van der Waals surface area contributed by atoms with E-state index in [-0.39, 0.29) is 11.7 Å². The van der Waals surface area contributed by atoms with Crippen molar-refractivity contribution in [2.75, 3.05) is 18.5 Å². The van der Waals surface area contributed by atoms with E-state index in [0.29, 0.717) is 24.1 Å². The molecule has 8 heteroatoms. The van der Waals surface area contributed by atoms with Crippen molar-refractivity contribution in [1.82, 2.24) is 9.88 Å². The molecule has 1 aromatic heterocycles. The molecule has 2 heterocycles. The molecule has 1 amide bonds. The number of carbonyl (C=O) groups excluding carboxylic acids is 1. The molecule has 5 rings (SSSR count). The van der Waals surface area contributed by atoms with Crippen LogP contribution in [0.3, 0.4) is 0 Å². The highest BCUT2D eigenvalue weighted by Crippen LogP contribution is 2.30. The molecule has 3 aromatic rings. The first-order valence-corrected chi connectivity index (χ1v) is 13.6. The number of ether oxygens (including phenoxy) is 2. The Hall–Kier alpha value is -2.94. The first kappa shape index (κ1) is 26.7. The second kappa shape index (κ2) is 11.0. The van der Waals surface area contributed by atoms with Crippen molar-refractivity contribution in [2.45, 2.75) is 76.7 Å². The van der Waals surface area contributed by atoms with Crippen LogP contribution in [0, 0.1) is 12.7 Å². The smallest absolute Gasteiger partial charge is 0.258 e. The number of aliphatic hydroxyl groups is 1. The van der Waals surface area contributed by atoms with E-state index >= 15 is 0 Å². The van der Waals surface area contributed by atoms with Crippen molar-refractivity contribution in [3.63, 3.8) is 0 Å². The lowest BCUT2D eigenvalue weighted by Gasteiger charge is -2.33. The summed E-state index contributed by atoms with van der Waals surface area (Å²) in [5.74, 6) is -0.738. The van der Waals surface area contributed by atoms with E-state index < -0.39 is 17.3 Å². The van der Waals surface area contributed by atoms with E-state index in [2.05, 4.69) is 21.3 Å². The molecular weight excluding hydrogens is 485 g/mol. The number of amides is 1. The number of anilines is 1. The first-order chi connectivity index (χ1) is 18.2. The van der Waals surface area contributed by atoms with Gasteiger partial charge in [-0.25, -0.2) is 4.39 Å². The predicted molar refractivity (Wildman–Crippen MR) is 146 cm³/mol. The molecule has 7 nitrogen and oxygen atoms in total. The third-order valence-electron chi connectivity index (χ3n) is 8.08. The van der Waals surface area contributed by atoms with Crippen LogP contribution in [-0.2, 0) is 18.3 Å². The number of nitrogens with zero attached hydrogens (tertiary/aromatic N) is 1. The highest BCUT2D eigenvalue weighted by molar-refractivity contribution is 6.06. The van der Waals surface area contributed by atoms with Gasteiger partial charge in [0.05, 0.1) is 22.8 Å². The van der Waals surface area contributed by atoms with Gasteiger partial charge in [0, 0.05) is 49.1 Å². The van der Waals surface area contributed by atoms with Gasteiger partial charge in [-0.05, 0) is 82.2 Å². The number of benzene rings is 2. The molecule has 1 aliphatic carbocycles. The Labute approximate surface area is 223 Å². The van der Waals surface area contributed by atoms with Gasteiger partial charge in [-0.3, -0.25) is 4.79 Å². The number of fused-ring (bicyclic) bond motifs is 1. The van der Waals surface area contributed by atoms with Crippen LogP contribution in [0.25, 0.3) is 10.9 Å². The lowest BCUT2D eigenvalue weighted by Crippen LogP contribution is -2.39. The van der Waals surface area contributed by atoms with Gasteiger partial charge in [0.2, 0.25) is 0 Å². The minimum absolute atomic E-state index is 0.0304. The fraction of sp³-hybridized carbons (Fsp3) is 0.500. The van der Waals surface area contributed by atoms with Crippen LogP contribution < -0.4 is 15.4 Å². The lowest BCUT2D eigenvalue weighted by atomic mass is 9.84. The van der Waals surface area contributed by atoms with Crippen molar-refractivity contribution in [3.8, 4) is 5.75 Å². The summed E-state index contributed by atoms with van der Waals surface area (Å²) in [5.41, 5.74) is 3.18. The van der Waals surface area contributed by atoms with Gasteiger partial charge >= 0.3 is 0 Å². The minimum atomic E-state index is -0.623. The van der Waals surface area contributed by atoms with Gasteiger partial charge in [0.15, 0.2) is 0 Å². The van der Waals surface area contributed by atoms with Crippen LogP contribution in [0.2, 0.25) is 0 Å². The number of carbonyl (C=O) groups is 1. The Balaban J connectivity index is 1.25. The zero-order valence-electron chi connectivity index (χ0n) is 22.5. The largest absolute Gasteiger partial charge is 0.491 e. The van der Waals surface area contributed by atoms with Gasteiger partial charge in [-0.1, -0.05) is 6.07 Å². The number of nitrogens with one attached hydrogen (secondary N) is 2. The molecule has 3 N–H and O–H groups in total. The van der Waals surface area contributed by atoms with Crippen LogP contribution in [0.4, 0.5) is 10.1 Å². The molecule has 1 atom stereocenters. The van der Waals surface area contributed by atoms with Gasteiger partial charge in [-0.2, -0.15) is 0 Å². The second-order valence-corrected chi connectivity index (χ2v) is 11.1. The van der Waals surface area contributed by atoms with Crippen LogP contribution in [0.15, 0.2) is 36.4 Å². The zero-order chi connectivity index (χ0) is 26.9. The van der Waals surface area contributed by atoms with Crippen LogP contribution in [0.1, 0.15) is 67.1 Å². The molecule has 0 unspecified atom stereocenters. The summed E-state index contributed by atoms with van der Waals surface area (Å²) in [6, 6.07) is 10.7. The Bertz CT molecular complexity index is 1300. The standard InChI is InChI=1S/C30H38FN3O4/c1-19-27(33-29(35)25-8-7-23(16-26(25)31)38-18-24-5-4-14-37-24)9-6-20-15-22(34(3)28(19)20)17-32-21-10-12-30(2,36)13-11-21/h6-9,15-16,21,24,32,36H,4-5,10-14,17-18H2,1-3H3,(H,33,35)/t21-,24-,30+/m0/s1. The third-order valence-corrected chi connectivity index (χ3v) is 8.08. The highest BCUT2D eigenvalue weighted by atomic mass is 19.1. The highest BCUT2D eigenvalue weighted by Gasteiger charge is 2.28. The average Bonchev–Trinajstić information content (AvgIpc) is 3.52. The molecule has 38 heavy (non-hydrogen) atoms. The minimum Gasteiger partial charge on any atom is -0.491 e. The number of aromatic nitrogens is 1. The Morgan fingerprint density at radius 1 is 1.21 bits per heavy atom. The summed E-state index contributed by atoms with van der Waals surface area (Å²) in [4.78, 5) is 13.0. The summed E-state index contributed by atoms with van der Waals surface area (Å²) < 4.78 is 28.1. The molecule has 2 aliphatic rings. The summed E-state index contributed by atoms with van der Waals surface area (Å²) in [5, 5.41) is 17.8. The summed E-state index contributed by atoms with van der Waals surface area (Å²) in [6.45, 7) is 5.72. The third kappa shape index (κ3) is 5.87. The molecule has 1 saturated heterocycles. The van der Waals surface area contributed by atoms with Gasteiger partial charge in [0.25, 0.3) is 5.91 Å².